The summed E-state index contributed by atoms with van der Waals surface area (Å²) in [5.41, 5.74) is 3.10. The van der Waals surface area contributed by atoms with Crippen molar-refractivity contribution in [1.82, 2.24) is 4.90 Å². The van der Waals surface area contributed by atoms with Gasteiger partial charge in [0, 0.05) is 16.8 Å². The number of hydrogen-bond acceptors (Lipinski definition) is 4. The number of hydrogen-bond donors (Lipinski definition) is 1. The molecule has 25 heavy (non-hydrogen) atoms. The first kappa shape index (κ1) is 16.0. The van der Waals surface area contributed by atoms with Crippen LogP contribution in [-0.2, 0) is 0 Å². The molecule has 128 valence electrons. The summed E-state index contributed by atoms with van der Waals surface area (Å²) in [6.07, 6.45) is 2.16. The Morgan fingerprint density at radius 2 is 1.60 bits per heavy atom. The molecule has 4 rings (SSSR count). The number of Topliss-reactive ketones (excluding diaryl/α,β-unsaturated/α-hetero) is 2. The van der Waals surface area contributed by atoms with Crippen LogP contribution in [-0.4, -0.2) is 41.6 Å². The van der Waals surface area contributed by atoms with Gasteiger partial charge >= 0.3 is 0 Å². The zero-order chi connectivity index (χ0) is 17.4. The Hall–Kier alpha value is -2.46. The number of likely N-dealkylation sites (tertiary alicyclic amines) is 1. The summed E-state index contributed by atoms with van der Waals surface area (Å²) in [5, 5.41) is 3.36. The predicted octanol–water partition coefficient (Wildman–Crippen LogP) is 3.32. The summed E-state index contributed by atoms with van der Waals surface area (Å²) < 4.78 is 0. The second kappa shape index (κ2) is 6.45. The first-order valence-electron chi connectivity index (χ1n) is 8.90. The molecule has 0 aromatic heterocycles. The van der Waals surface area contributed by atoms with Crippen LogP contribution in [0, 0.1) is 6.92 Å². The maximum Gasteiger partial charge on any atom is 0.187 e. The molecule has 2 atom stereocenters. The zero-order valence-electron chi connectivity index (χ0n) is 14.4. The molecule has 0 bridgehead atoms. The van der Waals surface area contributed by atoms with Crippen molar-refractivity contribution in [2.75, 3.05) is 18.4 Å². The normalized spacial score (nSPS) is 23.6. The van der Waals surface area contributed by atoms with Crippen molar-refractivity contribution < 1.29 is 9.59 Å². The number of anilines is 1. The minimum Gasteiger partial charge on any atom is -0.373 e. The molecule has 2 aliphatic rings. The Balaban J connectivity index is 1.75. The van der Waals surface area contributed by atoms with Crippen LogP contribution < -0.4 is 5.32 Å². The number of carbonyl (C=O) groups excluding carboxylic acids is 2. The fourth-order valence-electron chi connectivity index (χ4n) is 3.99. The Bertz CT molecular complexity index is 824. The number of nitrogens with zero attached hydrogens (tertiary/aromatic N) is 1. The first-order chi connectivity index (χ1) is 12.1. The lowest BCUT2D eigenvalue weighted by molar-refractivity contribution is 0.0729. The number of ketones is 2. The maximum absolute atomic E-state index is 13.2. The molecule has 4 nitrogen and oxygen atoms in total. The molecule has 2 unspecified atom stereocenters. The number of aryl methyl sites for hydroxylation is 1. The van der Waals surface area contributed by atoms with Gasteiger partial charge in [-0.3, -0.25) is 14.5 Å². The third-order valence-corrected chi connectivity index (χ3v) is 5.20. The lowest BCUT2D eigenvalue weighted by Gasteiger charge is -2.37. The number of nitrogens with one attached hydrogen (secondary N) is 1. The van der Waals surface area contributed by atoms with Gasteiger partial charge in [0.05, 0.1) is 0 Å². The second-order valence-electron chi connectivity index (χ2n) is 6.95. The highest BCUT2D eigenvalue weighted by atomic mass is 16.1. The third-order valence-electron chi connectivity index (χ3n) is 5.20. The van der Waals surface area contributed by atoms with E-state index in [0.29, 0.717) is 11.1 Å². The van der Waals surface area contributed by atoms with Gasteiger partial charge in [0.25, 0.3) is 0 Å². The lowest BCUT2D eigenvalue weighted by atomic mass is 9.81. The smallest absolute Gasteiger partial charge is 0.187 e. The van der Waals surface area contributed by atoms with E-state index >= 15 is 0 Å². The van der Waals surface area contributed by atoms with Crippen LogP contribution in [0.15, 0.2) is 48.5 Å². The number of benzene rings is 2. The Morgan fingerprint density at radius 1 is 0.920 bits per heavy atom. The molecule has 1 fully saturated rings. The van der Waals surface area contributed by atoms with Crippen LogP contribution in [0.25, 0.3) is 0 Å². The van der Waals surface area contributed by atoms with E-state index in [-0.39, 0.29) is 11.6 Å². The van der Waals surface area contributed by atoms with E-state index < -0.39 is 12.1 Å². The number of rotatable bonds is 3. The van der Waals surface area contributed by atoms with Crippen LogP contribution in [0.5, 0.6) is 0 Å². The Morgan fingerprint density at radius 3 is 2.28 bits per heavy atom. The summed E-state index contributed by atoms with van der Waals surface area (Å²) in [6.45, 7) is 3.77. The SMILES string of the molecule is Cc1cccc(NC2C(=O)c3ccccc3C(=O)C2N2CCCC2)c1. The average Bonchev–Trinajstić information content (AvgIpc) is 3.14. The average molecular weight is 334 g/mol. The van der Waals surface area contributed by atoms with E-state index in [1.54, 1.807) is 12.1 Å². The van der Waals surface area contributed by atoms with Crippen molar-refractivity contribution in [3.63, 3.8) is 0 Å². The summed E-state index contributed by atoms with van der Waals surface area (Å²) in [7, 11) is 0. The van der Waals surface area contributed by atoms with E-state index in [2.05, 4.69) is 10.2 Å². The summed E-state index contributed by atoms with van der Waals surface area (Å²) in [5.74, 6) is 0.0656. The number of carbonyl (C=O) groups is 2. The third kappa shape index (κ3) is 2.87. The lowest BCUT2D eigenvalue weighted by Crippen LogP contribution is -2.57. The Labute approximate surface area is 147 Å². The van der Waals surface area contributed by atoms with Crippen LogP contribution in [0.1, 0.15) is 39.1 Å². The highest BCUT2D eigenvalue weighted by molar-refractivity contribution is 6.19. The van der Waals surface area contributed by atoms with Crippen molar-refractivity contribution in [3.05, 3.63) is 65.2 Å². The largest absolute Gasteiger partial charge is 0.373 e. The molecule has 1 aliphatic heterocycles. The summed E-state index contributed by atoms with van der Waals surface area (Å²) in [6, 6.07) is 14.2. The molecule has 1 saturated heterocycles. The van der Waals surface area contributed by atoms with Gasteiger partial charge < -0.3 is 5.32 Å². The molecule has 0 radical (unpaired) electrons. The van der Waals surface area contributed by atoms with E-state index in [0.717, 1.165) is 37.2 Å². The van der Waals surface area contributed by atoms with Crippen LogP contribution in [0.3, 0.4) is 0 Å². The predicted molar refractivity (Wildman–Crippen MR) is 98.3 cm³/mol. The summed E-state index contributed by atoms with van der Waals surface area (Å²) >= 11 is 0. The van der Waals surface area contributed by atoms with Crippen LogP contribution >= 0.6 is 0 Å². The molecule has 0 saturated carbocycles. The molecule has 0 spiro atoms. The minimum atomic E-state index is -0.540. The van der Waals surface area contributed by atoms with Crippen molar-refractivity contribution in [1.29, 1.82) is 0 Å². The second-order valence-corrected chi connectivity index (χ2v) is 6.95. The van der Waals surface area contributed by atoms with Crippen molar-refractivity contribution >= 4 is 17.3 Å². The molecule has 0 amide bonds. The van der Waals surface area contributed by atoms with Gasteiger partial charge in [0.1, 0.15) is 12.1 Å². The maximum atomic E-state index is 13.2. The van der Waals surface area contributed by atoms with E-state index in [1.807, 2.05) is 43.3 Å². The quantitative estimate of drug-likeness (QED) is 0.935. The van der Waals surface area contributed by atoms with Crippen LogP contribution in [0.4, 0.5) is 5.69 Å². The minimum absolute atomic E-state index is 0.00797. The highest BCUT2D eigenvalue weighted by Crippen LogP contribution is 2.29. The number of fused-ring (bicyclic) bond motifs is 1. The van der Waals surface area contributed by atoms with E-state index in [9.17, 15) is 9.59 Å². The first-order valence-corrected chi connectivity index (χ1v) is 8.90. The zero-order valence-corrected chi connectivity index (χ0v) is 14.4. The van der Waals surface area contributed by atoms with Gasteiger partial charge in [-0.1, -0.05) is 36.4 Å². The highest BCUT2D eigenvalue weighted by Gasteiger charge is 2.44. The molecular formula is C21H22N2O2. The van der Waals surface area contributed by atoms with Gasteiger partial charge in [0.15, 0.2) is 11.6 Å². The van der Waals surface area contributed by atoms with Crippen LogP contribution in [0.2, 0.25) is 0 Å². The van der Waals surface area contributed by atoms with E-state index in [1.165, 1.54) is 0 Å². The van der Waals surface area contributed by atoms with Gasteiger partial charge in [-0.15, -0.1) is 0 Å². The molecule has 1 aliphatic carbocycles. The fourth-order valence-corrected chi connectivity index (χ4v) is 3.99. The van der Waals surface area contributed by atoms with Crippen molar-refractivity contribution in [3.8, 4) is 0 Å². The van der Waals surface area contributed by atoms with Crippen molar-refractivity contribution in [2.24, 2.45) is 0 Å². The molecular weight excluding hydrogens is 312 g/mol. The fraction of sp³-hybridized carbons (Fsp3) is 0.333. The molecule has 2 aromatic rings. The Kier molecular flexibility index (Phi) is 4.14. The van der Waals surface area contributed by atoms with E-state index in [4.69, 9.17) is 0 Å². The van der Waals surface area contributed by atoms with Gasteiger partial charge in [-0.25, -0.2) is 0 Å². The monoisotopic (exact) mass is 334 g/mol. The standard InChI is InChI=1S/C21H22N2O2/c1-14-7-6-8-15(13-14)22-18-19(23-11-4-5-12-23)21(25)17-10-3-2-9-16(17)20(18)24/h2-3,6-10,13,18-19,22H,4-5,11-12H2,1H3. The molecule has 2 aromatic carbocycles. The molecule has 4 heteroatoms. The topological polar surface area (TPSA) is 49.4 Å². The van der Waals surface area contributed by atoms with Gasteiger partial charge in [0.2, 0.25) is 0 Å². The van der Waals surface area contributed by atoms with Gasteiger partial charge in [-0.2, -0.15) is 0 Å². The summed E-state index contributed by atoms with van der Waals surface area (Å²) in [4.78, 5) is 28.5. The van der Waals surface area contributed by atoms with Crippen molar-refractivity contribution in [2.45, 2.75) is 31.8 Å². The van der Waals surface area contributed by atoms with Gasteiger partial charge in [-0.05, 0) is 50.6 Å². The molecule has 1 N–H and O–H groups in total. The molecule has 1 heterocycles.